The number of phenolic OH excluding ortho intramolecular Hbond substituents is 1. The highest BCUT2D eigenvalue weighted by atomic mass is 19.4. The fourth-order valence-electron chi connectivity index (χ4n) is 1.65. The van der Waals surface area contributed by atoms with Crippen molar-refractivity contribution in [3.63, 3.8) is 0 Å². The van der Waals surface area contributed by atoms with Crippen molar-refractivity contribution in [2.75, 3.05) is 7.11 Å². The van der Waals surface area contributed by atoms with Gasteiger partial charge in [0.2, 0.25) is 0 Å². The van der Waals surface area contributed by atoms with Gasteiger partial charge in [-0.3, -0.25) is 4.79 Å². The molecule has 0 aliphatic heterocycles. The third-order valence-electron chi connectivity index (χ3n) is 2.70. The average Bonchev–Trinajstić information content (AvgIpc) is 2.29. The fraction of sp³-hybridized carbons (Fsp3) is 0.417. The molecule has 0 saturated heterocycles. The second kappa shape index (κ2) is 5.38. The van der Waals surface area contributed by atoms with Crippen molar-refractivity contribution in [3.05, 3.63) is 23.3 Å². The van der Waals surface area contributed by atoms with Crippen LogP contribution in [0.4, 0.5) is 13.2 Å². The lowest BCUT2D eigenvalue weighted by atomic mass is 9.95. The van der Waals surface area contributed by atoms with Crippen LogP contribution >= 0.6 is 0 Å². The van der Waals surface area contributed by atoms with E-state index in [0.717, 1.165) is 12.1 Å². The molecular formula is C12H13F3O4. The summed E-state index contributed by atoms with van der Waals surface area (Å²) in [6, 6.07) is 1.76. The molecule has 1 aromatic carbocycles. The minimum Gasteiger partial charge on any atom is -0.504 e. The van der Waals surface area contributed by atoms with Gasteiger partial charge in [0, 0.05) is 5.56 Å². The molecule has 1 aromatic rings. The Morgan fingerprint density at radius 1 is 1.42 bits per heavy atom. The largest absolute Gasteiger partial charge is 0.504 e. The molecule has 4 nitrogen and oxygen atoms in total. The van der Waals surface area contributed by atoms with E-state index >= 15 is 0 Å². The number of benzene rings is 1. The molecule has 2 N–H and O–H groups in total. The summed E-state index contributed by atoms with van der Waals surface area (Å²) in [5, 5.41) is 18.5. The maximum Gasteiger partial charge on any atom is 0.416 e. The van der Waals surface area contributed by atoms with Crippen LogP contribution in [0.15, 0.2) is 12.1 Å². The van der Waals surface area contributed by atoms with Gasteiger partial charge in [-0.15, -0.1) is 0 Å². The highest BCUT2D eigenvalue weighted by molar-refractivity contribution is 5.70. The van der Waals surface area contributed by atoms with E-state index in [1.165, 1.54) is 14.0 Å². The second-order valence-electron chi connectivity index (χ2n) is 4.08. The molecule has 0 aromatic heterocycles. The smallest absolute Gasteiger partial charge is 0.416 e. The van der Waals surface area contributed by atoms with Gasteiger partial charge in [0.1, 0.15) is 0 Å². The Morgan fingerprint density at radius 3 is 2.42 bits per heavy atom. The number of phenols is 1. The number of hydrogen-bond donors (Lipinski definition) is 2. The molecule has 19 heavy (non-hydrogen) atoms. The number of aliphatic carboxylic acids is 1. The van der Waals surface area contributed by atoms with E-state index < -0.39 is 41.4 Å². The van der Waals surface area contributed by atoms with Gasteiger partial charge in [0.25, 0.3) is 0 Å². The first kappa shape index (κ1) is 15.1. The van der Waals surface area contributed by atoms with Gasteiger partial charge in [0.05, 0.1) is 18.6 Å². The predicted molar refractivity (Wildman–Crippen MR) is 60.2 cm³/mol. The van der Waals surface area contributed by atoms with Crippen molar-refractivity contribution >= 4 is 5.97 Å². The van der Waals surface area contributed by atoms with Crippen LogP contribution in [0.5, 0.6) is 11.5 Å². The Bertz CT molecular complexity index is 483. The monoisotopic (exact) mass is 278 g/mol. The van der Waals surface area contributed by atoms with Gasteiger partial charge in [0.15, 0.2) is 11.5 Å². The first-order chi connectivity index (χ1) is 8.68. The second-order valence-corrected chi connectivity index (χ2v) is 4.08. The van der Waals surface area contributed by atoms with Crippen molar-refractivity contribution < 1.29 is 32.9 Å². The summed E-state index contributed by atoms with van der Waals surface area (Å²) in [5.74, 6) is -3.10. The number of hydrogen-bond acceptors (Lipinski definition) is 3. The summed E-state index contributed by atoms with van der Waals surface area (Å²) in [6.07, 6.45) is -5.11. The zero-order valence-electron chi connectivity index (χ0n) is 10.3. The molecule has 0 spiro atoms. The van der Waals surface area contributed by atoms with Crippen molar-refractivity contribution in [1.29, 1.82) is 0 Å². The molecule has 1 rings (SSSR count). The van der Waals surface area contributed by atoms with Crippen LogP contribution in [0.3, 0.4) is 0 Å². The zero-order valence-corrected chi connectivity index (χ0v) is 10.3. The SMILES string of the molecule is COc1ccc(C(F)(F)F)c(CC(C)C(=O)O)c1O. The minimum atomic E-state index is -4.67. The Hall–Kier alpha value is -1.92. The Morgan fingerprint density at radius 2 is 2.00 bits per heavy atom. The highest BCUT2D eigenvalue weighted by Gasteiger charge is 2.36. The fourth-order valence-corrected chi connectivity index (χ4v) is 1.65. The van der Waals surface area contributed by atoms with Crippen LogP contribution in [0.25, 0.3) is 0 Å². The first-order valence-electron chi connectivity index (χ1n) is 5.37. The van der Waals surface area contributed by atoms with Crippen LogP contribution in [-0.4, -0.2) is 23.3 Å². The molecule has 0 aliphatic rings. The highest BCUT2D eigenvalue weighted by Crippen LogP contribution is 2.41. The number of aromatic hydroxyl groups is 1. The number of alkyl halides is 3. The topological polar surface area (TPSA) is 66.8 Å². The normalized spacial score (nSPS) is 13.1. The van der Waals surface area contributed by atoms with Crippen LogP contribution in [0.1, 0.15) is 18.1 Å². The third-order valence-corrected chi connectivity index (χ3v) is 2.70. The lowest BCUT2D eigenvalue weighted by molar-refractivity contribution is -0.142. The zero-order chi connectivity index (χ0) is 14.8. The summed E-state index contributed by atoms with van der Waals surface area (Å²) in [4.78, 5) is 10.7. The molecule has 106 valence electrons. The van der Waals surface area contributed by atoms with Gasteiger partial charge in [-0.1, -0.05) is 6.92 Å². The Labute approximate surface area is 107 Å². The summed E-state index contributed by atoms with van der Waals surface area (Å²) < 4.78 is 43.2. The van der Waals surface area contributed by atoms with E-state index in [4.69, 9.17) is 9.84 Å². The van der Waals surface area contributed by atoms with E-state index in [-0.39, 0.29) is 5.75 Å². The van der Waals surface area contributed by atoms with Crippen LogP contribution in [0.2, 0.25) is 0 Å². The van der Waals surface area contributed by atoms with Crippen molar-refractivity contribution in [1.82, 2.24) is 0 Å². The molecule has 0 heterocycles. The standard InChI is InChI=1S/C12H13F3O4/c1-6(11(17)18)5-7-8(12(13,14)15)3-4-9(19-2)10(7)16/h3-4,6,16H,5H2,1-2H3,(H,17,18). The average molecular weight is 278 g/mol. The summed E-state index contributed by atoms with van der Waals surface area (Å²) in [5.41, 5.74) is -1.53. The molecule has 0 radical (unpaired) electrons. The summed E-state index contributed by atoms with van der Waals surface area (Å²) in [7, 11) is 1.20. The molecule has 1 atom stereocenters. The van der Waals surface area contributed by atoms with Crippen molar-refractivity contribution in [2.24, 2.45) is 5.92 Å². The van der Waals surface area contributed by atoms with Gasteiger partial charge >= 0.3 is 12.1 Å². The van der Waals surface area contributed by atoms with Gasteiger partial charge in [-0.05, 0) is 18.6 Å². The molecule has 0 fully saturated rings. The van der Waals surface area contributed by atoms with Gasteiger partial charge < -0.3 is 14.9 Å². The lowest BCUT2D eigenvalue weighted by Gasteiger charge is -2.17. The number of carboxylic acid groups (broad SMARTS) is 1. The van der Waals surface area contributed by atoms with Crippen LogP contribution in [-0.2, 0) is 17.4 Å². The first-order valence-corrected chi connectivity index (χ1v) is 5.37. The number of ether oxygens (including phenoxy) is 1. The van der Waals surface area contributed by atoms with Crippen molar-refractivity contribution in [2.45, 2.75) is 19.5 Å². The van der Waals surface area contributed by atoms with E-state index in [0.29, 0.717) is 0 Å². The molecule has 0 saturated carbocycles. The van der Waals surface area contributed by atoms with Crippen LogP contribution < -0.4 is 4.74 Å². The number of halogens is 3. The Balaban J connectivity index is 3.34. The van der Waals surface area contributed by atoms with E-state index in [1.54, 1.807) is 0 Å². The number of carbonyl (C=O) groups is 1. The number of rotatable bonds is 4. The molecule has 0 aliphatic carbocycles. The molecule has 1 unspecified atom stereocenters. The number of carboxylic acids is 1. The van der Waals surface area contributed by atoms with Gasteiger partial charge in [-0.25, -0.2) is 0 Å². The summed E-state index contributed by atoms with van der Waals surface area (Å²) in [6.45, 7) is 1.27. The molecule has 7 heteroatoms. The summed E-state index contributed by atoms with van der Waals surface area (Å²) >= 11 is 0. The van der Waals surface area contributed by atoms with Gasteiger partial charge in [-0.2, -0.15) is 13.2 Å². The third kappa shape index (κ3) is 3.30. The number of methoxy groups -OCH3 is 1. The maximum atomic E-state index is 12.8. The van der Waals surface area contributed by atoms with E-state index in [9.17, 15) is 23.1 Å². The van der Waals surface area contributed by atoms with Crippen LogP contribution in [0, 0.1) is 5.92 Å². The minimum absolute atomic E-state index is 0.124. The maximum absolute atomic E-state index is 12.8. The Kier molecular flexibility index (Phi) is 4.28. The quantitative estimate of drug-likeness (QED) is 0.888. The molecule has 0 bridgehead atoms. The predicted octanol–water partition coefficient (Wildman–Crippen LogP) is 2.68. The van der Waals surface area contributed by atoms with E-state index in [2.05, 4.69) is 0 Å². The molecule has 0 amide bonds. The molecular weight excluding hydrogens is 265 g/mol. The lowest BCUT2D eigenvalue weighted by Crippen LogP contribution is -2.17. The van der Waals surface area contributed by atoms with Crippen molar-refractivity contribution in [3.8, 4) is 11.5 Å². The van der Waals surface area contributed by atoms with E-state index in [1.807, 2.05) is 0 Å².